The van der Waals surface area contributed by atoms with Gasteiger partial charge in [0, 0.05) is 6.42 Å². The van der Waals surface area contributed by atoms with E-state index in [1.54, 1.807) is 0 Å². The Morgan fingerprint density at radius 2 is 1.23 bits per heavy atom. The van der Waals surface area contributed by atoms with Crippen molar-refractivity contribution in [1.29, 1.82) is 0 Å². The molecule has 1 aromatic carbocycles. The summed E-state index contributed by atoms with van der Waals surface area (Å²) in [7, 11) is 0. The molecule has 0 saturated carbocycles. The number of carboxylic acid groups (broad SMARTS) is 1. The van der Waals surface area contributed by atoms with Gasteiger partial charge in [-0.3, -0.25) is 4.79 Å². The molecule has 0 saturated heterocycles. The van der Waals surface area contributed by atoms with Crippen LogP contribution in [0.2, 0.25) is 0 Å². The van der Waals surface area contributed by atoms with Crippen molar-refractivity contribution in [3.63, 3.8) is 0 Å². The average molecular weight is 304 g/mol. The number of carboxylic acids is 1. The predicted octanol–water partition coefficient (Wildman–Crippen LogP) is 5.83. The number of unbranched alkanes of at least 4 members (excludes halogenated alkanes) is 8. The van der Waals surface area contributed by atoms with Crippen molar-refractivity contribution >= 4 is 5.97 Å². The summed E-state index contributed by atoms with van der Waals surface area (Å²) in [5, 5.41) is 8.55. The van der Waals surface area contributed by atoms with Crippen molar-refractivity contribution in [2.45, 2.75) is 84.5 Å². The number of hydrogen-bond acceptors (Lipinski definition) is 1. The number of carbonyl (C=O) groups is 1. The summed E-state index contributed by atoms with van der Waals surface area (Å²) in [6, 6.07) is 6.86. The van der Waals surface area contributed by atoms with E-state index >= 15 is 0 Å². The summed E-state index contributed by atoms with van der Waals surface area (Å²) in [5.41, 5.74) is 4.23. The Morgan fingerprint density at radius 1 is 0.773 bits per heavy atom. The summed E-state index contributed by atoms with van der Waals surface area (Å²) in [6.45, 7) is 4.35. The van der Waals surface area contributed by atoms with E-state index in [2.05, 4.69) is 32.0 Å². The summed E-state index contributed by atoms with van der Waals surface area (Å²) in [4.78, 5) is 10.4. The second kappa shape index (κ2) is 11.3. The maximum atomic E-state index is 10.4. The Morgan fingerprint density at radius 3 is 1.73 bits per heavy atom. The maximum Gasteiger partial charge on any atom is 0.303 e. The van der Waals surface area contributed by atoms with Gasteiger partial charge in [0.1, 0.15) is 0 Å². The number of rotatable bonds is 12. The van der Waals surface area contributed by atoms with E-state index in [0.29, 0.717) is 6.42 Å². The van der Waals surface area contributed by atoms with Crippen LogP contribution in [0.4, 0.5) is 0 Å². The molecule has 0 amide bonds. The van der Waals surface area contributed by atoms with E-state index in [-0.39, 0.29) is 0 Å². The minimum absolute atomic E-state index is 0.332. The van der Waals surface area contributed by atoms with Crippen LogP contribution in [-0.2, 0) is 11.2 Å². The number of benzene rings is 1. The molecule has 0 aliphatic rings. The van der Waals surface area contributed by atoms with Crippen LogP contribution in [0.5, 0.6) is 0 Å². The zero-order valence-corrected chi connectivity index (χ0v) is 14.4. The fourth-order valence-corrected chi connectivity index (χ4v) is 3.06. The molecule has 2 heteroatoms. The lowest BCUT2D eigenvalue weighted by Crippen LogP contribution is -1.93. The van der Waals surface area contributed by atoms with Gasteiger partial charge in [0.15, 0.2) is 0 Å². The molecule has 0 heterocycles. The van der Waals surface area contributed by atoms with Crippen LogP contribution in [-0.4, -0.2) is 11.1 Å². The first-order valence-electron chi connectivity index (χ1n) is 8.87. The highest BCUT2D eigenvalue weighted by Gasteiger charge is 1.98. The molecule has 0 bridgehead atoms. The molecule has 0 radical (unpaired) electrons. The number of aryl methyl sites for hydroxylation is 3. The molecule has 0 aromatic heterocycles. The van der Waals surface area contributed by atoms with E-state index in [0.717, 1.165) is 12.8 Å². The minimum Gasteiger partial charge on any atom is -0.481 e. The first-order valence-corrected chi connectivity index (χ1v) is 8.87. The van der Waals surface area contributed by atoms with Crippen molar-refractivity contribution in [2.24, 2.45) is 0 Å². The van der Waals surface area contributed by atoms with Gasteiger partial charge in [-0.15, -0.1) is 0 Å². The molecular weight excluding hydrogens is 272 g/mol. The monoisotopic (exact) mass is 304 g/mol. The first kappa shape index (κ1) is 18.7. The first-order chi connectivity index (χ1) is 10.6. The molecule has 22 heavy (non-hydrogen) atoms. The Balaban J connectivity index is 1.92. The van der Waals surface area contributed by atoms with Gasteiger partial charge in [-0.2, -0.15) is 0 Å². The van der Waals surface area contributed by atoms with Crippen molar-refractivity contribution in [3.05, 3.63) is 34.9 Å². The second-order valence-electron chi connectivity index (χ2n) is 6.57. The Bertz CT molecular complexity index is 417. The van der Waals surface area contributed by atoms with Crippen LogP contribution >= 0.6 is 0 Å². The Labute approximate surface area is 135 Å². The van der Waals surface area contributed by atoms with Crippen LogP contribution in [0.3, 0.4) is 0 Å². The molecule has 124 valence electrons. The highest BCUT2D eigenvalue weighted by atomic mass is 16.4. The van der Waals surface area contributed by atoms with E-state index in [4.69, 9.17) is 5.11 Å². The van der Waals surface area contributed by atoms with Gasteiger partial charge < -0.3 is 5.11 Å². The highest BCUT2D eigenvalue weighted by molar-refractivity contribution is 5.66. The summed E-state index contributed by atoms with van der Waals surface area (Å²) < 4.78 is 0. The molecule has 0 atom stereocenters. The van der Waals surface area contributed by atoms with Gasteiger partial charge >= 0.3 is 5.97 Å². The molecule has 0 spiro atoms. The predicted molar refractivity (Wildman–Crippen MR) is 93.4 cm³/mol. The summed E-state index contributed by atoms with van der Waals surface area (Å²) in [5.74, 6) is -0.663. The van der Waals surface area contributed by atoms with Crippen LogP contribution in [0.1, 0.15) is 80.9 Å². The fraction of sp³-hybridized carbons (Fsp3) is 0.650. The zero-order valence-electron chi connectivity index (χ0n) is 14.4. The second-order valence-corrected chi connectivity index (χ2v) is 6.57. The molecule has 0 unspecified atom stereocenters. The summed E-state index contributed by atoms with van der Waals surface area (Å²) in [6.07, 6.45) is 12.5. The SMILES string of the molecule is Cc1cc(C)cc(CCCCCCCCCCCC(=O)O)c1. The fourth-order valence-electron chi connectivity index (χ4n) is 3.06. The van der Waals surface area contributed by atoms with E-state index < -0.39 is 5.97 Å². The third-order valence-electron chi connectivity index (χ3n) is 4.14. The van der Waals surface area contributed by atoms with Gasteiger partial charge in [0.05, 0.1) is 0 Å². The largest absolute Gasteiger partial charge is 0.481 e. The van der Waals surface area contributed by atoms with Crippen molar-refractivity contribution in [2.75, 3.05) is 0 Å². The maximum absolute atomic E-state index is 10.4. The Kier molecular flexibility index (Phi) is 9.61. The third kappa shape index (κ3) is 9.59. The molecule has 0 aliphatic carbocycles. The molecule has 0 fully saturated rings. The van der Waals surface area contributed by atoms with Gasteiger partial charge in [0.25, 0.3) is 0 Å². The molecule has 1 N–H and O–H groups in total. The van der Waals surface area contributed by atoms with Crippen molar-refractivity contribution in [3.8, 4) is 0 Å². The quantitative estimate of drug-likeness (QED) is 0.493. The van der Waals surface area contributed by atoms with Crippen LogP contribution < -0.4 is 0 Å². The lowest BCUT2D eigenvalue weighted by molar-refractivity contribution is -0.137. The highest BCUT2D eigenvalue weighted by Crippen LogP contribution is 2.14. The average Bonchev–Trinajstić information content (AvgIpc) is 2.43. The Hall–Kier alpha value is -1.31. The van der Waals surface area contributed by atoms with Gasteiger partial charge in [-0.25, -0.2) is 0 Å². The number of hydrogen-bond donors (Lipinski definition) is 1. The number of aliphatic carboxylic acids is 1. The van der Waals surface area contributed by atoms with Crippen molar-refractivity contribution in [1.82, 2.24) is 0 Å². The lowest BCUT2D eigenvalue weighted by atomic mass is 10.0. The molecule has 1 aromatic rings. The molecule has 1 rings (SSSR count). The van der Waals surface area contributed by atoms with Crippen LogP contribution in [0.15, 0.2) is 18.2 Å². The molecule has 2 nitrogen and oxygen atoms in total. The van der Waals surface area contributed by atoms with Crippen LogP contribution in [0, 0.1) is 13.8 Å². The third-order valence-corrected chi connectivity index (χ3v) is 4.14. The molecule has 0 aliphatic heterocycles. The van der Waals surface area contributed by atoms with Crippen molar-refractivity contribution < 1.29 is 9.90 Å². The normalized spacial score (nSPS) is 10.8. The van der Waals surface area contributed by atoms with Gasteiger partial charge in [-0.05, 0) is 38.7 Å². The minimum atomic E-state index is -0.663. The van der Waals surface area contributed by atoms with E-state index in [9.17, 15) is 4.79 Å². The molecular formula is C20H32O2. The van der Waals surface area contributed by atoms with Gasteiger partial charge in [-0.1, -0.05) is 74.3 Å². The van der Waals surface area contributed by atoms with E-state index in [1.165, 1.54) is 68.1 Å². The summed E-state index contributed by atoms with van der Waals surface area (Å²) >= 11 is 0. The lowest BCUT2D eigenvalue weighted by Gasteiger charge is -2.05. The van der Waals surface area contributed by atoms with Crippen LogP contribution in [0.25, 0.3) is 0 Å². The van der Waals surface area contributed by atoms with E-state index in [1.807, 2.05) is 0 Å². The topological polar surface area (TPSA) is 37.3 Å². The smallest absolute Gasteiger partial charge is 0.303 e. The standard InChI is InChI=1S/C20H32O2/c1-17-14-18(2)16-19(15-17)12-10-8-6-4-3-5-7-9-11-13-20(21)22/h14-16H,3-13H2,1-2H3,(H,21,22). The van der Waals surface area contributed by atoms with Gasteiger partial charge in [0.2, 0.25) is 0 Å². The zero-order chi connectivity index (χ0) is 16.2.